The van der Waals surface area contributed by atoms with E-state index >= 15 is 0 Å². The van der Waals surface area contributed by atoms with Gasteiger partial charge in [0, 0.05) is 23.9 Å². The lowest BCUT2D eigenvalue weighted by Gasteiger charge is -2.20. The summed E-state index contributed by atoms with van der Waals surface area (Å²) in [6, 6.07) is 3.68. The minimum Gasteiger partial charge on any atom is -0.503 e. The van der Waals surface area contributed by atoms with Gasteiger partial charge in [0.1, 0.15) is 11.4 Å². The van der Waals surface area contributed by atoms with Crippen molar-refractivity contribution in [3.63, 3.8) is 0 Å². The molecule has 0 spiro atoms. The predicted octanol–water partition coefficient (Wildman–Crippen LogP) is 0.972. The van der Waals surface area contributed by atoms with E-state index < -0.39 is 34.2 Å². The number of rotatable bonds is 7. The molecule has 10 heteroatoms. The van der Waals surface area contributed by atoms with Gasteiger partial charge in [0.05, 0.1) is 31.1 Å². The summed E-state index contributed by atoms with van der Waals surface area (Å²) in [6.07, 6.45) is 2.56. The van der Waals surface area contributed by atoms with Crippen LogP contribution in [0.1, 0.15) is 15.9 Å². The second kappa shape index (κ2) is 8.30. The molecule has 0 aliphatic heterocycles. The van der Waals surface area contributed by atoms with E-state index in [0.717, 1.165) is 15.7 Å². The van der Waals surface area contributed by atoms with Crippen LogP contribution in [0.5, 0.6) is 11.6 Å². The van der Waals surface area contributed by atoms with Crippen molar-refractivity contribution in [2.24, 2.45) is 0 Å². The van der Waals surface area contributed by atoms with Crippen LogP contribution in [0.25, 0.3) is 0 Å². The number of benzene rings is 1. The first kappa shape index (κ1) is 19.9. The van der Waals surface area contributed by atoms with Crippen LogP contribution in [0.2, 0.25) is 0 Å². The Morgan fingerprint density at radius 2 is 2.08 bits per heavy atom. The molecule has 0 aliphatic carbocycles. The Kier molecular flexibility index (Phi) is 6.35. The summed E-state index contributed by atoms with van der Waals surface area (Å²) in [5, 5.41) is 29.6. The van der Waals surface area contributed by atoms with Gasteiger partial charge in [-0.3, -0.25) is 13.8 Å². The van der Waals surface area contributed by atoms with Crippen LogP contribution in [0.4, 0.5) is 4.39 Å². The lowest BCUT2D eigenvalue weighted by Crippen LogP contribution is -2.29. The maximum Gasteiger partial charge on any atom is 0.283 e. The van der Waals surface area contributed by atoms with E-state index in [4.69, 9.17) is 9.94 Å². The van der Waals surface area contributed by atoms with Crippen LogP contribution < -0.4 is 0 Å². The molecule has 0 fully saturated rings. The molecule has 1 unspecified atom stereocenters. The number of hydrogen-bond donors (Lipinski definition) is 3. The van der Waals surface area contributed by atoms with Gasteiger partial charge in [-0.25, -0.2) is 9.45 Å². The normalized spacial score (nSPS) is 12.2. The van der Waals surface area contributed by atoms with Gasteiger partial charge in [-0.15, -0.1) is 0 Å². The first-order valence-corrected chi connectivity index (χ1v) is 9.05. The number of aliphatic hydroxyl groups is 1. The number of nitrogens with zero attached hydrogens (tertiary/aromatic N) is 2. The molecule has 2 rings (SSSR count). The maximum atomic E-state index is 13.4. The number of amides is 1. The van der Waals surface area contributed by atoms with Crippen LogP contribution >= 0.6 is 0 Å². The summed E-state index contributed by atoms with van der Waals surface area (Å²) in [4.78, 5) is 17.9. The molecule has 26 heavy (non-hydrogen) atoms. The van der Waals surface area contributed by atoms with Crippen LogP contribution in [0, 0.1) is 5.82 Å². The van der Waals surface area contributed by atoms with Crippen molar-refractivity contribution >= 4 is 16.7 Å². The van der Waals surface area contributed by atoms with E-state index in [-0.39, 0.29) is 30.2 Å². The Labute approximate surface area is 151 Å². The van der Waals surface area contributed by atoms with E-state index in [9.17, 15) is 23.6 Å². The molecule has 1 amide bonds. The van der Waals surface area contributed by atoms with Crippen LogP contribution in [0.15, 0.2) is 29.3 Å². The summed E-state index contributed by atoms with van der Waals surface area (Å²) in [6.45, 7) is -0.475. The van der Waals surface area contributed by atoms with E-state index in [1.807, 2.05) is 0 Å². The molecule has 0 aliphatic rings. The smallest absolute Gasteiger partial charge is 0.283 e. The zero-order valence-corrected chi connectivity index (χ0v) is 15.0. The Morgan fingerprint density at radius 3 is 2.65 bits per heavy atom. The van der Waals surface area contributed by atoms with Gasteiger partial charge < -0.3 is 19.9 Å². The first-order valence-electron chi connectivity index (χ1n) is 7.49. The highest BCUT2D eigenvalue weighted by atomic mass is 32.2. The molecule has 8 nitrogen and oxygen atoms in total. The minimum absolute atomic E-state index is 0.0173. The summed E-state index contributed by atoms with van der Waals surface area (Å²) in [5.41, 5.74) is 0.167. The summed E-state index contributed by atoms with van der Waals surface area (Å²) in [5.74, 6) is -2.54. The second-order valence-electron chi connectivity index (χ2n) is 5.36. The van der Waals surface area contributed by atoms with Crippen LogP contribution in [-0.4, -0.2) is 55.0 Å². The monoisotopic (exact) mass is 386 g/mol. The van der Waals surface area contributed by atoms with Crippen molar-refractivity contribution in [1.29, 1.82) is 0 Å². The fourth-order valence-corrected chi connectivity index (χ4v) is 3.18. The highest BCUT2D eigenvalue weighted by Gasteiger charge is 2.26. The third-order valence-electron chi connectivity index (χ3n) is 3.69. The number of aromatic nitrogens is 1. The Morgan fingerprint density at radius 1 is 1.38 bits per heavy atom. The van der Waals surface area contributed by atoms with Gasteiger partial charge in [-0.05, 0) is 17.7 Å². The molecule has 142 valence electrons. The molecule has 1 aromatic carbocycles. The van der Waals surface area contributed by atoms with E-state index in [0.29, 0.717) is 5.56 Å². The van der Waals surface area contributed by atoms with E-state index in [1.54, 1.807) is 0 Å². The third-order valence-corrected chi connectivity index (χ3v) is 4.69. The van der Waals surface area contributed by atoms with Gasteiger partial charge in [0.25, 0.3) is 5.91 Å². The zero-order chi connectivity index (χ0) is 19.4. The fourth-order valence-electron chi connectivity index (χ4n) is 2.40. The predicted molar refractivity (Wildman–Crippen MR) is 90.5 cm³/mol. The topological polar surface area (TPSA) is 112 Å². The molecule has 0 radical (unpaired) electrons. The van der Waals surface area contributed by atoms with Crippen LogP contribution in [-0.2, 0) is 28.7 Å². The molecule has 0 saturated heterocycles. The number of aliphatic hydroxyl groups excluding tert-OH is 1. The van der Waals surface area contributed by atoms with Crippen molar-refractivity contribution in [3.05, 3.63) is 41.3 Å². The molecular formula is C16H19FN2O6S. The number of halogens is 1. The third kappa shape index (κ3) is 4.03. The number of carbonyl (C=O) groups excluding carboxylic acids is 1. The van der Waals surface area contributed by atoms with Crippen molar-refractivity contribution in [3.8, 4) is 11.6 Å². The fraction of sp³-hybridized carbons (Fsp3) is 0.312. The van der Waals surface area contributed by atoms with Crippen molar-refractivity contribution in [2.75, 3.05) is 20.0 Å². The lowest BCUT2D eigenvalue weighted by molar-refractivity contribution is -0.102. The van der Waals surface area contributed by atoms with Crippen molar-refractivity contribution in [2.45, 2.75) is 18.0 Å². The number of carbonyl (C=O) groups is 1. The Bertz CT molecular complexity index is 838. The average molecular weight is 386 g/mol. The Balaban J connectivity index is 2.34. The minimum atomic E-state index is -1.49. The number of hydroxylamine groups is 2. The second-order valence-corrected chi connectivity index (χ2v) is 6.71. The summed E-state index contributed by atoms with van der Waals surface area (Å²) < 4.78 is 26.3. The van der Waals surface area contributed by atoms with Crippen molar-refractivity contribution in [1.82, 2.24) is 9.63 Å². The Hall–Kier alpha value is -2.43. The quantitative estimate of drug-likeness (QED) is 0.612. The SMILES string of the molecule is CON(Cc1ccc(F)cc1S(C)=O)C(=O)c1cn(CCO)c(O)c1O. The molecule has 2 aromatic rings. The van der Waals surface area contributed by atoms with Gasteiger partial charge in [0.15, 0.2) is 5.75 Å². The molecule has 1 heterocycles. The van der Waals surface area contributed by atoms with E-state index in [2.05, 4.69) is 0 Å². The van der Waals surface area contributed by atoms with Gasteiger partial charge >= 0.3 is 0 Å². The molecular weight excluding hydrogens is 367 g/mol. The number of hydrogen-bond acceptors (Lipinski definition) is 6. The van der Waals surface area contributed by atoms with Gasteiger partial charge in [-0.1, -0.05) is 6.07 Å². The molecule has 0 saturated carbocycles. The van der Waals surface area contributed by atoms with E-state index in [1.165, 1.54) is 31.7 Å². The standard InChI is InChI=1S/C16H19FN2O6S/c1-25-19(8-10-3-4-11(17)7-13(10)26(2)24)15(22)12-9-18(5-6-20)16(23)14(12)21/h3-4,7,9,20-21,23H,5-6,8H2,1-2H3. The van der Waals surface area contributed by atoms with Crippen LogP contribution in [0.3, 0.4) is 0 Å². The number of aromatic hydroxyl groups is 2. The maximum absolute atomic E-state index is 13.4. The van der Waals surface area contributed by atoms with Gasteiger partial charge in [-0.2, -0.15) is 0 Å². The first-order chi connectivity index (χ1) is 12.3. The zero-order valence-electron chi connectivity index (χ0n) is 14.2. The molecule has 3 N–H and O–H groups in total. The van der Waals surface area contributed by atoms with Crippen molar-refractivity contribution < 1.29 is 33.6 Å². The van der Waals surface area contributed by atoms with Gasteiger partial charge in [0.2, 0.25) is 5.88 Å². The lowest BCUT2D eigenvalue weighted by atomic mass is 10.2. The summed E-state index contributed by atoms with van der Waals surface area (Å²) >= 11 is 0. The molecule has 1 aromatic heterocycles. The largest absolute Gasteiger partial charge is 0.503 e. The average Bonchev–Trinajstić information content (AvgIpc) is 2.88. The highest BCUT2D eigenvalue weighted by molar-refractivity contribution is 7.84. The molecule has 1 atom stereocenters. The summed E-state index contributed by atoms with van der Waals surface area (Å²) in [7, 11) is -0.261. The molecule has 0 bridgehead atoms. The highest BCUT2D eigenvalue weighted by Crippen LogP contribution is 2.32.